The second-order valence-corrected chi connectivity index (χ2v) is 3.62. The molecule has 3 heteroatoms. The summed E-state index contributed by atoms with van der Waals surface area (Å²) in [5.74, 6) is 0. The Labute approximate surface area is 109 Å². The van der Waals surface area contributed by atoms with Crippen LogP contribution in [0.15, 0.2) is 48.8 Å². The van der Waals surface area contributed by atoms with E-state index in [9.17, 15) is 0 Å². The minimum atomic E-state index is 0.789. The van der Waals surface area contributed by atoms with Gasteiger partial charge in [0.2, 0.25) is 0 Å². The Kier molecular flexibility index (Phi) is 6.33. The maximum absolute atomic E-state index is 5.83. The molecule has 0 atom stereocenters. The normalized spacial score (nSPS) is 9.22. The molecule has 0 spiro atoms. The van der Waals surface area contributed by atoms with Crippen molar-refractivity contribution in [2.45, 2.75) is 20.3 Å². The van der Waals surface area contributed by atoms with Gasteiger partial charge in [-0.05, 0) is 36.2 Å². The molecule has 0 aliphatic heterocycles. The van der Waals surface area contributed by atoms with E-state index in [4.69, 9.17) is 5.73 Å². The van der Waals surface area contributed by atoms with E-state index in [0.717, 1.165) is 24.3 Å². The number of hydrogen-bond acceptors (Lipinski definition) is 3. The van der Waals surface area contributed by atoms with E-state index in [1.807, 2.05) is 62.6 Å². The Morgan fingerprint density at radius 2 is 1.72 bits per heavy atom. The van der Waals surface area contributed by atoms with Crippen LogP contribution in [0.2, 0.25) is 0 Å². The smallest absolute Gasteiger partial charge is 0.0574 e. The highest BCUT2D eigenvalue weighted by Gasteiger charge is 1.96. The molecular formula is C15H21N3. The SMILES string of the molecule is CC.Nc1ccccc1NCCc1ccncc1. The molecule has 3 N–H and O–H groups in total. The van der Waals surface area contributed by atoms with E-state index < -0.39 is 0 Å². The van der Waals surface area contributed by atoms with Crippen LogP contribution in [0, 0.1) is 0 Å². The predicted molar refractivity (Wildman–Crippen MR) is 78.6 cm³/mol. The molecule has 96 valence electrons. The number of rotatable bonds is 4. The first-order chi connectivity index (χ1) is 8.86. The van der Waals surface area contributed by atoms with Crippen LogP contribution in [-0.4, -0.2) is 11.5 Å². The molecule has 3 nitrogen and oxygen atoms in total. The molecule has 0 fully saturated rings. The number of hydrogen-bond donors (Lipinski definition) is 2. The van der Waals surface area contributed by atoms with Crippen molar-refractivity contribution in [2.24, 2.45) is 0 Å². The van der Waals surface area contributed by atoms with E-state index >= 15 is 0 Å². The van der Waals surface area contributed by atoms with Crippen LogP contribution in [0.3, 0.4) is 0 Å². The molecule has 0 aliphatic carbocycles. The highest BCUT2D eigenvalue weighted by molar-refractivity contribution is 5.65. The van der Waals surface area contributed by atoms with Crippen molar-refractivity contribution < 1.29 is 0 Å². The Morgan fingerprint density at radius 3 is 2.39 bits per heavy atom. The van der Waals surface area contributed by atoms with Crippen LogP contribution in [0.1, 0.15) is 19.4 Å². The van der Waals surface area contributed by atoms with Gasteiger partial charge in [0.05, 0.1) is 11.4 Å². The fraction of sp³-hybridized carbons (Fsp3) is 0.267. The molecule has 0 amide bonds. The van der Waals surface area contributed by atoms with Crippen molar-refractivity contribution in [1.29, 1.82) is 0 Å². The molecule has 0 saturated carbocycles. The lowest BCUT2D eigenvalue weighted by atomic mass is 10.2. The maximum atomic E-state index is 5.83. The molecule has 0 aliphatic rings. The third kappa shape index (κ3) is 4.45. The van der Waals surface area contributed by atoms with Gasteiger partial charge in [0, 0.05) is 18.9 Å². The van der Waals surface area contributed by atoms with E-state index in [2.05, 4.69) is 10.3 Å². The van der Waals surface area contributed by atoms with E-state index in [-0.39, 0.29) is 0 Å². The number of nitrogens with two attached hydrogens (primary N) is 1. The average molecular weight is 243 g/mol. The van der Waals surface area contributed by atoms with Crippen LogP contribution in [0.5, 0.6) is 0 Å². The molecule has 0 radical (unpaired) electrons. The summed E-state index contributed by atoms with van der Waals surface area (Å²) in [6.07, 6.45) is 4.59. The Balaban J connectivity index is 0.000000771. The summed E-state index contributed by atoms with van der Waals surface area (Å²) in [5.41, 5.74) is 8.89. The van der Waals surface area contributed by atoms with Crippen molar-refractivity contribution in [2.75, 3.05) is 17.6 Å². The average Bonchev–Trinajstić information content (AvgIpc) is 2.44. The van der Waals surface area contributed by atoms with Crippen molar-refractivity contribution in [3.63, 3.8) is 0 Å². The Morgan fingerprint density at radius 1 is 1.06 bits per heavy atom. The minimum Gasteiger partial charge on any atom is -0.397 e. The summed E-state index contributed by atoms with van der Waals surface area (Å²) in [6, 6.07) is 11.8. The number of nitrogens with zero attached hydrogens (tertiary/aromatic N) is 1. The van der Waals surface area contributed by atoms with Gasteiger partial charge in [-0.25, -0.2) is 0 Å². The first-order valence-corrected chi connectivity index (χ1v) is 6.33. The van der Waals surface area contributed by atoms with Gasteiger partial charge in [0.1, 0.15) is 0 Å². The third-order valence-electron chi connectivity index (χ3n) is 2.44. The zero-order valence-electron chi connectivity index (χ0n) is 11.1. The van der Waals surface area contributed by atoms with Gasteiger partial charge in [-0.1, -0.05) is 26.0 Å². The molecule has 0 unspecified atom stereocenters. The van der Waals surface area contributed by atoms with Crippen molar-refractivity contribution in [3.8, 4) is 0 Å². The maximum Gasteiger partial charge on any atom is 0.0574 e. The van der Waals surface area contributed by atoms with Crippen molar-refractivity contribution >= 4 is 11.4 Å². The molecule has 1 aromatic heterocycles. The number of nitrogen functional groups attached to an aromatic ring is 1. The van der Waals surface area contributed by atoms with Crippen LogP contribution < -0.4 is 11.1 Å². The molecule has 0 saturated heterocycles. The van der Waals surface area contributed by atoms with Gasteiger partial charge in [-0.2, -0.15) is 0 Å². The van der Waals surface area contributed by atoms with Crippen LogP contribution in [0.4, 0.5) is 11.4 Å². The number of para-hydroxylation sites is 2. The van der Waals surface area contributed by atoms with E-state index in [1.54, 1.807) is 0 Å². The number of pyridine rings is 1. The van der Waals surface area contributed by atoms with Crippen molar-refractivity contribution in [3.05, 3.63) is 54.4 Å². The standard InChI is InChI=1S/C13H15N3.C2H6/c14-12-3-1-2-4-13(12)16-10-7-11-5-8-15-9-6-11;1-2/h1-6,8-9,16H,7,10,14H2;1-2H3. The van der Waals surface area contributed by atoms with Crippen LogP contribution in [0.25, 0.3) is 0 Å². The lowest BCUT2D eigenvalue weighted by molar-refractivity contribution is 1.01. The number of anilines is 2. The van der Waals surface area contributed by atoms with E-state index in [0.29, 0.717) is 0 Å². The molecule has 1 aromatic carbocycles. The summed E-state index contributed by atoms with van der Waals surface area (Å²) in [6.45, 7) is 4.87. The summed E-state index contributed by atoms with van der Waals surface area (Å²) < 4.78 is 0. The summed E-state index contributed by atoms with van der Waals surface area (Å²) in [5, 5.41) is 3.32. The topological polar surface area (TPSA) is 50.9 Å². The Hall–Kier alpha value is -2.03. The monoisotopic (exact) mass is 243 g/mol. The van der Waals surface area contributed by atoms with Gasteiger partial charge in [0.25, 0.3) is 0 Å². The van der Waals surface area contributed by atoms with Gasteiger partial charge in [0.15, 0.2) is 0 Å². The zero-order chi connectivity index (χ0) is 13.2. The predicted octanol–water partition coefficient (Wildman–Crippen LogP) is 3.34. The lowest BCUT2D eigenvalue weighted by Gasteiger charge is -2.08. The van der Waals surface area contributed by atoms with Crippen molar-refractivity contribution in [1.82, 2.24) is 4.98 Å². The minimum absolute atomic E-state index is 0.789. The molecule has 0 bridgehead atoms. The van der Waals surface area contributed by atoms with Gasteiger partial charge in [-0.3, -0.25) is 4.98 Å². The quantitative estimate of drug-likeness (QED) is 0.810. The van der Waals surface area contributed by atoms with Crippen LogP contribution >= 0.6 is 0 Å². The lowest BCUT2D eigenvalue weighted by Crippen LogP contribution is -2.06. The Bertz CT molecular complexity index is 441. The first kappa shape index (κ1) is 14.0. The molecule has 18 heavy (non-hydrogen) atoms. The first-order valence-electron chi connectivity index (χ1n) is 6.33. The molecular weight excluding hydrogens is 222 g/mol. The zero-order valence-corrected chi connectivity index (χ0v) is 11.1. The number of benzene rings is 1. The molecule has 2 rings (SSSR count). The largest absolute Gasteiger partial charge is 0.397 e. The summed E-state index contributed by atoms with van der Waals surface area (Å²) in [4.78, 5) is 3.99. The van der Waals surface area contributed by atoms with Gasteiger partial charge < -0.3 is 11.1 Å². The summed E-state index contributed by atoms with van der Waals surface area (Å²) >= 11 is 0. The molecule has 2 aromatic rings. The fourth-order valence-electron chi connectivity index (χ4n) is 1.55. The van der Waals surface area contributed by atoms with Gasteiger partial charge in [-0.15, -0.1) is 0 Å². The van der Waals surface area contributed by atoms with E-state index in [1.165, 1.54) is 5.56 Å². The van der Waals surface area contributed by atoms with Gasteiger partial charge >= 0.3 is 0 Å². The fourth-order valence-corrected chi connectivity index (χ4v) is 1.55. The number of nitrogens with one attached hydrogen (secondary N) is 1. The summed E-state index contributed by atoms with van der Waals surface area (Å²) in [7, 11) is 0. The molecule has 1 heterocycles. The third-order valence-corrected chi connectivity index (χ3v) is 2.44. The number of aromatic nitrogens is 1. The van der Waals surface area contributed by atoms with Crippen LogP contribution in [-0.2, 0) is 6.42 Å². The highest BCUT2D eigenvalue weighted by Crippen LogP contribution is 2.16. The second kappa shape index (κ2) is 8.12. The highest BCUT2D eigenvalue weighted by atomic mass is 14.9. The second-order valence-electron chi connectivity index (χ2n) is 3.62.